The molecule has 1 N–H and O–H groups in total. The molecule has 1 heterocycles. The molecule has 3 nitrogen and oxygen atoms in total. The van der Waals surface area contributed by atoms with Gasteiger partial charge in [0, 0.05) is 11.9 Å². The molecule has 23 heavy (non-hydrogen) atoms. The Kier molecular flexibility index (Phi) is 4.47. The predicted molar refractivity (Wildman–Crippen MR) is 92.8 cm³/mol. The molecule has 2 aromatic carbocycles. The highest BCUT2D eigenvalue weighted by atomic mass is 16.3. The molecule has 0 radical (unpaired) electrons. The van der Waals surface area contributed by atoms with E-state index in [4.69, 9.17) is 4.42 Å². The zero-order valence-corrected chi connectivity index (χ0v) is 13.6. The summed E-state index contributed by atoms with van der Waals surface area (Å²) in [6.07, 6.45) is 1.88. The van der Waals surface area contributed by atoms with Crippen molar-refractivity contribution in [1.29, 1.82) is 0 Å². The van der Waals surface area contributed by atoms with Crippen LogP contribution in [0.1, 0.15) is 33.7 Å². The van der Waals surface area contributed by atoms with Gasteiger partial charge in [-0.05, 0) is 49.9 Å². The van der Waals surface area contributed by atoms with Gasteiger partial charge in [0.25, 0.3) is 5.91 Å². The van der Waals surface area contributed by atoms with Crippen molar-refractivity contribution in [3.63, 3.8) is 0 Å². The van der Waals surface area contributed by atoms with E-state index < -0.39 is 0 Å². The lowest BCUT2D eigenvalue weighted by molar-refractivity contribution is 0.0927. The van der Waals surface area contributed by atoms with Crippen LogP contribution in [0.25, 0.3) is 11.0 Å². The van der Waals surface area contributed by atoms with E-state index in [1.54, 1.807) is 6.07 Å². The molecule has 1 aromatic heterocycles. The minimum atomic E-state index is -0.151. The molecule has 0 atom stereocenters. The van der Waals surface area contributed by atoms with E-state index in [2.05, 4.69) is 37.4 Å². The van der Waals surface area contributed by atoms with Crippen molar-refractivity contribution in [2.24, 2.45) is 0 Å². The zero-order chi connectivity index (χ0) is 16.2. The summed E-state index contributed by atoms with van der Waals surface area (Å²) in [7, 11) is 0. The molecule has 3 heteroatoms. The van der Waals surface area contributed by atoms with Gasteiger partial charge in [-0.15, -0.1) is 0 Å². The van der Waals surface area contributed by atoms with Gasteiger partial charge in [0.1, 0.15) is 5.58 Å². The fourth-order valence-electron chi connectivity index (χ4n) is 2.79. The number of carbonyl (C=O) groups excluding carboxylic acids is 1. The van der Waals surface area contributed by atoms with Gasteiger partial charge >= 0.3 is 0 Å². The number of furan rings is 1. The number of amides is 1. The molecule has 0 aliphatic heterocycles. The third-order valence-corrected chi connectivity index (χ3v) is 4.06. The number of rotatable bonds is 5. The predicted octanol–water partition coefficient (Wildman–Crippen LogP) is 4.41. The summed E-state index contributed by atoms with van der Waals surface area (Å²) in [5.74, 6) is 0.222. The van der Waals surface area contributed by atoms with E-state index in [1.165, 1.54) is 16.7 Å². The fraction of sp³-hybridized carbons (Fsp3) is 0.250. The maximum atomic E-state index is 12.1. The Hall–Kier alpha value is -2.55. The summed E-state index contributed by atoms with van der Waals surface area (Å²) >= 11 is 0. The van der Waals surface area contributed by atoms with Crippen LogP contribution in [0.3, 0.4) is 0 Å². The van der Waals surface area contributed by atoms with E-state index in [9.17, 15) is 4.79 Å². The quantitative estimate of drug-likeness (QED) is 0.709. The normalized spacial score (nSPS) is 10.9. The van der Waals surface area contributed by atoms with Gasteiger partial charge in [0.05, 0.1) is 0 Å². The van der Waals surface area contributed by atoms with E-state index in [0.717, 1.165) is 23.8 Å². The first-order valence-corrected chi connectivity index (χ1v) is 7.96. The van der Waals surface area contributed by atoms with Crippen LogP contribution in [-0.4, -0.2) is 12.5 Å². The van der Waals surface area contributed by atoms with Crippen molar-refractivity contribution in [2.75, 3.05) is 6.54 Å². The third kappa shape index (κ3) is 3.62. The highest BCUT2D eigenvalue weighted by Gasteiger charge is 2.11. The van der Waals surface area contributed by atoms with Crippen molar-refractivity contribution in [1.82, 2.24) is 5.32 Å². The van der Waals surface area contributed by atoms with Crippen LogP contribution in [-0.2, 0) is 6.42 Å². The van der Waals surface area contributed by atoms with Gasteiger partial charge in [0.2, 0.25) is 0 Å². The number of benzene rings is 2. The van der Waals surface area contributed by atoms with Crippen LogP contribution < -0.4 is 5.32 Å². The van der Waals surface area contributed by atoms with Crippen LogP contribution in [0.2, 0.25) is 0 Å². The highest BCUT2D eigenvalue weighted by molar-refractivity contribution is 5.96. The number of carbonyl (C=O) groups is 1. The second-order valence-corrected chi connectivity index (χ2v) is 5.94. The lowest BCUT2D eigenvalue weighted by Crippen LogP contribution is -2.24. The first-order chi connectivity index (χ1) is 11.1. The molecule has 0 unspecified atom stereocenters. The summed E-state index contributed by atoms with van der Waals surface area (Å²) in [4.78, 5) is 12.1. The van der Waals surface area contributed by atoms with E-state index >= 15 is 0 Å². The topological polar surface area (TPSA) is 42.2 Å². The molecule has 0 saturated heterocycles. The van der Waals surface area contributed by atoms with Crippen LogP contribution in [0, 0.1) is 13.8 Å². The van der Waals surface area contributed by atoms with Gasteiger partial charge in [-0.2, -0.15) is 0 Å². The van der Waals surface area contributed by atoms with Gasteiger partial charge in [-0.3, -0.25) is 4.79 Å². The molecule has 0 bridgehead atoms. The van der Waals surface area contributed by atoms with Crippen LogP contribution in [0.15, 0.2) is 52.9 Å². The Labute approximate surface area is 136 Å². The molecule has 118 valence electrons. The molecular weight excluding hydrogens is 286 g/mol. The molecule has 0 fully saturated rings. The molecule has 0 saturated carbocycles. The number of para-hydroxylation sites is 1. The molecule has 0 aliphatic carbocycles. The number of hydrogen-bond donors (Lipinski definition) is 1. The number of nitrogens with one attached hydrogen (secondary N) is 1. The van der Waals surface area contributed by atoms with E-state index in [0.29, 0.717) is 12.3 Å². The summed E-state index contributed by atoms with van der Waals surface area (Å²) < 4.78 is 5.57. The second-order valence-electron chi connectivity index (χ2n) is 5.94. The summed E-state index contributed by atoms with van der Waals surface area (Å²) in [5.41, 5.74) is 4.68. The van der Waals surface area contributed by atoms with Crippen molar-refractivity contribution >= 4 is 16.9 Å². The van der Waals surface area contributed by atoms with Crippen molar-refractivity contribution in [2.45, 2.75) is 26.7 Å². The Morgan fingerprint density at radius 3 is 2.70 bits per heavy atom. The standard InChI is InChI=1S/C20H21NO2/c1-14-9-10-16(15(2)12-14)7-5-11-21-20(22)19-13-17-6-3-4-8-18(17)23-19/h3-4,6,8-10,12-13H,5,7,11H2,1-2H3,(H,21,22). The number of fused-ring (bicyclic) bond motifs is 1. The molecular formula is C20H21NO2. The Bertz CT molecular complexity index is 800. The Morgan fingerprint density at radius 1 is 1.09 bits per heavy atom. The van der Waals surface area contributed by atoms with Crippen molar-refractivity contribution < 1.29 is 9.21 Å². The largest absolute Gasteiger partial charge is 0.451 e. The molecule has 1 amide bonds. The first kappa shape index (κ1) is 15.3. The number of aryl methyl sites for hydroxylation is 3. The average Bonchev–Trinajstić information content (AvgIpc) is 2.97. The third-order valence-electron chi connectivity index (χ3n) is 4.06. The van der Waals surface area contributed by atoms with Gasteiger partial charge in [-0.25, -0.2) is 0 Å². The second kappa shape index (κ2) is 6.69. The average molecular weight is 307 g/mol. The smallest absolute Gasteiger partial charge is 0.287 e. The lowest BCUT2D eigenvalue weighted by atomic mass is 10.0. The Balaban J connectivity index is 1.53. The maximum absolute atomic E-state index is 12.1. The SMILES string of the molecule is Cc1ccc(CCCNC(=O)c2cc3ccccc3o2)c(C)c1. The fourth-order valence-corrected chi connectivity index (χ4v) is 2.79. The molecule has 0 aliphatic rings. The summed E-state index contributed by atoms with van der Waals surface area (Å²) in [5, 5.41) is 3.88. The van der Waals surface area contributed by atoms with Crippen LogP contribution in [0.5, 0.6) is 0 Å². The van der Waals surface area contributed by atoms with E-state index in [1.807, 2.05) is 24.3 Å². The van der Waals surface area contributed by atoms with Crippen molar-refractivity contribution in [3.8, 4) is 0 Å². The van der Waals surface area contributed by atoms with Crippen LogP contribution in [0.4, 0.5) is 0 Å². The maximum Gasteiger partial charge on any atom is 0.287 e. The van der Waals surface area contributed by atoms with Gasteiger partial charge in [-0.1, -0.05) is 42.0 Å². The summed E-state index contributed by atoms with van der Waals surface area (Å²) in [6, 6.07) is 15.9. The zero-order valence-electron chi connectivity index (χ0n) is 13.6. The summed E-state index contributed by atoms with van der Waals surface area (Å²) in [6.45, 7) is 4.88. The van der Waals surface area contributed by atoms with Crippen molar-refractivity contribution in [3.05, 3.63) is 71.0 Å². The lowest BCUT2D eigenvalue weighted by Gasteiger charge is -2.07. The Morgan fingerprint density at radius 2 is 1.91 bits per heavy atom. The van der Waals surface area contributed by atoms with E-state index in [-0.39, 0.29) is 5.91 Å². The molecule has 3 rings (SSSR count). The van der Waals surface area contributed by atoms with Crippen LogP contribution >= 0.6 is 0 Å². The van der Waals surface area contributed by atoms with Gasteiger partial charge in [0.15, 0.2) is 5.76 Å². The van der Waals surface area contributed by atoms with Gasteiger partial charge < -0.3 is 9.73 Å². The molecule has 0 spiro atoms. The first-order valence-electron chi connectivity index (χ1n) is 7.96. The minimum absolute atomic E-state index is 0.151. The minimum Gasteiger partial charge on any atom is -0.451 e. The monoisotopic (exact) mass is 307 g/mol. The highest BCUT2D eigenvalue weighted by Crippen LogP contribution is 2.18. The molecule has 3 aromatic rings. The number of hydrogen-bond acceptors (Lipinski definition) is 2.